The molecule has 9 nitrogen and oxygen atoms in total. The van der Waals surface area contributed by atoms with E-state index in [1.165, 1.54) is 4.90 Å². The molecule has 1 heterocycles. The molecular weight excluding hydrogens is 467 g/mol. The average Bonchev–Trinajstić information content (AvgIpc) is 2.73. The molecule has 2 atom stereocenters. The van der Waals surface area contributed by atoms with Gasteiger partial charge >= 0.3 is 12.2 Å². The van der Waals surface area contributed by atoms with Gasteiger partial charge in [-0.2, -0.15) is 13.2 Å². The lowest BCUT2D eigenvalue weighted by Crippen LogP contribution is -2.52. The molecule has 0 radical (unpaired) electrons. The minimum absolute atomic E-state index is 0.0924. The van der Waals surface area contributed by atoms with E-state index in [1.807, 2.05) is 20.8 Å². The molecule has 5 N–H and O–H groups in total. The van der Waals surface area contributed by atoms with E-state index in [0.29, 0.717) is 38.5 Å². The maximum atomic E-state index is 13.2. The van der Waals surface area contributed by atoms with E-state index in [1.54, 1.807) is 0 Å². The minimum atomic E-state index is -4.70. The Bertz CT molecular complexity index is 890. The van der Waals surface area contributed by atoms with Crippen molar-refractivity contribution in [2.45, 2.75) is 64.4 Å². The van der Waals surface area contributed by atoms with Gasteiger partial charge in [0.05, 0.1) is 35.5 Å². The van der Waals surface area contributed by atoms with Crippen LogP contribution in [0, 0.1) is 0 Å². The Morgan fingerprint density at radius 2 is 1.86 bits per heavy atom. The van der Waals surface area contributed by atoms with Gasteiger partial charge in [-0.05, 0) is 31.0 Å². The monoisotopic (exact) mass is 501 g/mol. The van der Waals surface area contributed by atoms with Crippen LogP contribution in [-0.4, -0.2) is 72.2 Å². The van der Waals surface area contributed by atoms with Gasteiger partial charge in [0.15, 0.2) is 0 Å². The number of carbonyl (C=O) groups excluding carboxylic acids is 3. The zero-order valence-corrected chi connectivity index (χ0v) is 20.2. The molecule has 0 aliphatic carbocycles. The van der Waals surface area contributed by atoms with Crippen molar-refractivity contribution in [2.24, 2.45) is 0 Å². The highest BCUT2D eigenvalue weighted by molar-refractivity contribution is 6.04. The van der Waals surface area contributed by atoms with E-state index in [2.05, 4.69) is 21.3 Å². The van der Waals surface area contributed by atoms with Crippen LogP contribution in [-0.2, 0) is 11.0 Å². The van der Waals surface area contributed by atoms with Crippen LogP contribution in [0.15, 0.2) is 18.2 Å². The Kier molecular flexibility index (Phi) is 10.3. The summed E-state index contributed by atoms with van der Waals surface area (Å²) in [4.78, 5) is 38.9. The summed E-state index contributed by atoms with van der Waals surface area (Å²) in [5, 5.41) is 20.9. The van der Waals surface area contributed by atoms with Gasteiger partial charge in [0.2, 0.25) is 5.91 Å². The number of hydrogen-bond acceptors (Lipinski definition) is 5. The normalized spacial score (nSPS) is 15.3. The Hall–Kier alpha value is -2.86. The summed E-state index contributed by atoms with van der Waals surface area (Å²) >= 11 is 0. The maximum Gasteiger partial charge on any atom is 0.416 e. The lowest BCUT2D eigenvalue weighted by molar-refractivity contribution is -0.137. The molecule has 12 heteroatoms. The van der Waals surface area contributed by atoms with Gasteiger partial charge in [0.25, 0.3) is 5.91 Å². The minimum Gasteiger partial charge on any atom is -0.391 e. The molecule has 35 heavy (non-hydrogen) atoms. The van der Waals surface area contributed by atoms with Crippen LogP contribution in [0.1, 0.15) is 56.0 Å². The zero-order chi connectivity index (χ0) is 26.2. The molecule has 2 unspecified atom stereocenters. The van der Waals surface area contributed by atoms with Gasteiger partial charge in [-0.3, -0.25) is 9.59 Å². The molecule has 0 saturated carbocycles. The summed E-state index contributed by atoms with van der Waals surface area (Å²) in [6.07, 6.45) is -3.52. The van der Waals surface area contributed by atoms with Crippen molar-refractivity contribution < 1.29 is 32.7 Å². The van der Waals surface area contributed by atoms with Crippen LogP contribution in [0.2, 0.25) is 0 Å². The predicted molar refractivity (Wildman–Crippen MR) is 125 cm³/mol. The number of rotatable bonds is 11. The zero-order valence-electron chi connectivity index (χ0n) is 20.2. The van der Waals surface area contributed by atoms with E-state index >= 15 is 0 Å². The Labute approximate surface area is 202 Å². The second-order valence-corrected chi connectivity index (χ2v) is 8.80. The van der Waals surface area contributed by atoms with E-state index in [0.717, 1.165) is 18.6 Å². The summed E-state index contributed by atoms with van der Waals surface area (Å²) in [6, 6.07) is 1.42. The van der Waals surface area contributed by atoms with Crippen LogP contribution in [0.3, 0.4) is 0 Å². The van der Waals surface area contributed by atoms with Crippen molar-refractivity contribution in [1.29, 1.82) is 0 Å². The van der Waals surface area contributed by atoms with Crippen LogP contribution in [0.5, 0.6) is 0 Å². The second kappa shape index (κ2) is 12.7. The fraction of sp³-hybridized carbons (Fsp3) is 0.609. The molecule has 0 aromatic heterocycles. The molecule has 196 valence electrons. The number of benzene rings is 1. The number of amides is 4. The number of halogens is 3. The largest absolute Gasteiger partial charge is 0.416 e. The quantitative estimate of drug-likeness (QED) is 0.319. The number of aliphatic hydroxyl groups excluding tert-OH is 1. The number of likely N-dealkylation sites (tertiary alicyclic amines) is 1. The number of nitrogens with zero attached hydrogens (tertiary/aromatic N) is 1. The van der Waals surface area contributed by atoms with E-state index in [9.17, 15) is 32.7 Å². The Morgan fingerprint density at radius 1 is 1.17 bits per heavy atom. The van der Waals surface area contributed by atoms with Crippen molar-refractivity contribution in [3.05, 3.63) is 29.3 Å². The summed E-state index contributed by atoms with van der Waals surface area (Å²) in [7, 11) is 0. The van der Waals surface area contributed by atoms with Gasteiger partial charge in [-0.15, -0.1) is 0 Å². The molecule has 1 aromatic rings. The van der Waals surface area contributed by atoms with Crippen molar-refractivity contribution in [2.75, 3.05) is 31.5 Å². The molecule has 1 saturated heterocycles. The number of urea groups is 1. The van der Waals surface area contributed by atoms with E-state index in [-0.39, 0.29) is 11.7 Å². The molecular formula is C23H34F3N5O4. The molecule has 0 spiro atoms. The third kappa shape index (κ3) is 8.70. The molecule has 0 bridgehead atoms. The second-order valence-electron chi connectivity index (χ2n) is 8.80. The highest BCUT2D eigenvalue weighted by Crippen LogP contribution is 2.32. The fourth-order valence-corrected chi connectivity index (χ4v) is 3.39. The van der Waals surface area contributed by atoms with E-state index < -0.39 is 53.8 Å². The fourth-order valence-electron chi connectivity index (χ4n) is 3.39. The van der Waals surface area contributed by atoms with Crippen LogP contribution >= 0.6 is 0 Å². The maximum absolute atomic E-state index is 13.2. The molecule has 2 rings (SSSR count). The summed E-state index contributed by atoms with van der Waals surface area (Å²) in [5.74, 6) is -1.56. The lowest BCUT2D eigenvalue weighted by atomic mass is 10.1. The molecule has 4 amide bonds. The molecule has 1 aliphatic heterocycles. The van der Waals surface area contributed by atoms with Gasteiger partial charge in [0.1, 0.15) is 0 Å². The molecule has 1 aliphatic rings. The van der Waals surface area contributed by atoms with Crippen molar-refractivity contribution in [3.63, 3.8) is 0 Å². The van der Waals surface area contributed by atoms with Crippen molar-refractivity contribution >= 4 is 23.5 Å². The number of hydrogen-bond donors (Lipinski definition) is 5. The van der Waals surface area contributed by atoms with Crippen LogP contribution < -0.4 is 21.3 Å². The average molecular weight is 502 g/mol. The molecule has 1 aromatic carbocycles. The van der Waals surface area contributed by atoms with Crippen LogP contribution in [0.4, 0.5) is 23.7 Å². The lowest BCUT2D eigenvalue weighted by Gasteiger charge is -2.31. The third-order valence-corrected chi connectivity index (χ3v) is 5.53. The first kappa shape index (κ1) is 28.4. The molecule has 1 fully saturated rings. The van der Waals surface area contributed by atoms with Gasteiger partial charge in [0, 0.05) is 25.7 Å². The highest BCUT2D eigenvalue weighted by atomic mass is 19.4. The summed E-state index contributed by atoms with van der Waals surface area (Å²) in [6.45, 7) is 6.54. The predicted octanol–water partition coefficient (Wildman–Crippen LogP) is 2.32. The standard InChI is InChI=1S/C23H34F3N5O4/c1-4-6-19(32)18(12-27-14(2)3)29-20(33)13-28-21(34)16-11-15(23(24,25)26)7-8-17(16)30-22(35)31-9-5-10-31/h7-8,11,14,18-19,27,32H,4-6,9-10,12-13H2,1-3H3,(H,28,34)(H,29,33)(H,30,35). The summed E-state index contributed by atoms with van der Waals surface area (Å²) < 4.78 is 39.7. The van der Waals surface area contributed by atoms with Crippen molar-refractivity contribution in [1.82, 2.24) is 20.9 Å². The first-order valence-electron chi connectivity index (χ1n) is 11.7. The van der Waals surface area contributed by atoms with Crippen molar-refractivity contribution in [3.8, 4) is 0 Å². The summed E-state index contributed by atoms with van der Waals surface area (Å²) in [5.41, 5.74) is -1.56. The number of anilines is 1. The highest BCUT2D eigenvalue weighted by Gasteiger charge is 2.32. The first-order chi connectivity index (χ1) is 16.4. The van der Waals surface area contributed by atoms with E-state index in [4.69, 9.17) is 0 Å². The Morgan fingerprint density at radius 3 is 2.40 bits per heavy atom. The number of nitrogens with one attached hydrogen (secondary N) is 4. The number of carbonyl (C=O) groups is 3. The van der Waals surface area contributed by atoms with Crippen LogP contribution in [0.25, 0.3) is 0 Å². The SMILES string of the molecule is CCCC(O)C(CNC(C)C)NC(=O)CNC(=O)c1cc(C(F)(F)F)ccc1NC(=O)N1CCC1. The topological polar surface area (TPSA) is 123 Å². The van der Waals surface area contributed by atoms with Gasteiger partial charge in [-0.25, -0.2) is 4.79 Å². The Balaban J connectivity index is 2.09. The number of aliphatic hydroxyl groups is 1. The third-order valence-electron chi connectivity index (χ3n) is 5.53. The van der Waals surface area contributed by atoms with Gasteiger partial charge < -0.3 is 31.3 Å². The number of alkyl halides is 3. The first-order valence-corrected chi connectivity index (χ1v) is 11.7. The van der Waals surface area contributed by atoms with Gasteiger partial charge in [-0.1, -0.05) is 27.2 Å². The smallest absolute Gasteiger partial charge is 0.391 e.